The number of benzene rings is 1. The molecule has 4 heterocycles. The molecule has 0 radical (unpaired) electrons. The third kappa shape index (κ3) is 4.31. The molecule has 0 bridgehead atoms. The Bertz CT molecular complexity index is 1600. The highest BCUT2D eigenvalue weighted by Gasteiger charge is 2.34. The SMILES string of the molecule is Cn1c(=O)c2c(ncn2CCC(=O)Nc2nnc(C3CC(=O)N(c4ccc(Cl)cc4)C3)s2)n(C)c1=O. The average Bonchev–Trinajstić information content (AvgIpc) is 3.59. The number of carbonyl (C=O) groups is 2. The Morgan fingerprint density at radius 1 is 1.14 bits per heavy atom. The number of fused-ring (bicyclic) bond motifs is 1. The third-order valence-corrected chi connectivity index (χ3v) is 7.35. The lowest BCUT2D eigenvalue weighted by Crippen LogP contribution is -2.37. The number of imidazole rings is 1. The first-order chi connectivity index (χ1) is 17.2. The fraction of sp³-hybridized carbons (Fsp3) is 0.318. The smallest absolute Gasteiger partial charge is 0.324 e. The van der Waals surface area contributed by atoms with Crippen molar-refractivity contribution in [3.63, 3.8) is 0 Å². The van der Waals surface area contributed by atoms with E-state index in [2.05, 4.69) is 20.5 Å². The molecular weight excluding hydrogens is 508 g/mol. The normalized spacial score (nSPS) is 15.7. The molecular formula is C22H21ClN8O4S. The summed E-state index contributed by atoms with van der Waals surface area (Å²) >= 11 is 7.17. The monoisotopic (exact) mass is 528 g/mol. The van der Waals surface area contributed by atoms with E-state index in [4.69, 9.17) is 11.6 Å². The Hall–Kier alpha value is -3.84. The van der Waals surface area contributed by atoms with Crippen LogP contribution in [0.2, 0.25) is 5.02 Å². The van der Waals surface area contributed by atoms with E-state index in [1.807, 2.05) is 0 Å². The van der Waals surface area contributed by atoms with Gasteiger partial charge in [0.1, 0.15) is 5.01 Å². The predicted molar refractivity (Wildman–Crippen MR) is 135 cm³/mol. The van der Waals surface area contributed by atoms with Gasteiger partial charge in [-0.1, -0.05) is 22.9 Å². The number of aromatic nitrogens is 6. The summed E-state index contributed by atoms with van der Waals surface area (Å²) in [6.07, 6.45) is 1.79. The first kappa shape index (κ1) is 23.9. The number of nitrogens with one attached hydrogen (secondary N) is 1. The van der Waals surface area contributed by atoms with Crippen LogP contribution in [0.5, 0.6) is 0 Å². The van der Waals surface area contributed by atoms with E-state index in [0.717, 1.165) is 10.3 Å². The predicted octanol–water partition coefficient (Wildman–Crippen LogP) is 1.49. The van der Waals surface area contributed by atoms with E-state index in [9.17, 15) is 19.2 Å². The highest BCUT2D eigenvalue weighted by atomic mass is 35.5. The molecule has 0 saturated carbocycles. The van der Waals surface area contributed by atoms with Crippen molar-refractivity contribution in [1.82, 2.24) is 28.9 Å². The van der Waals surface area contributed by atoms with Crippen LogP contribution in [0.15, 0.2) is 40.2 Å². The zero-order valence-electron chi connectivity index (χ0n) is 19.3. The molecule has 186 valence electrons. The molecule has 0 aliphatic carbocycles. The Labute approximate surface area is 212 Å². The first-order valence-corrected chi connectivity index (χ1v) is 12.2. The van der Waals surface area contributed by atoms with Crippen molar-refractivity contribution in [2.45, 2.75) is 25.3 Å². The second kappa shape index (κ2) is 9.32. The highest BCUT2D eigenvalue weighted by Crippen LogP contribution is 2.34. The molecule has 1 aliphatic heterocycles. The van der Waals surface area contributed by atoms with E-state index >= 15 is 0 Å². The summed E-state index contributed by atoms with van der Waals surface area (Å²) in [4.78, 5) is 55.5. The van der Waals surface area contributed by atoms with Crippen LogP contribution in [0.25, 0.3) is 11.2 Å². The van der Waals surface area contributed by atoms with E-state index < -0.39 is 11.2 Å². The molecule has 1 atom stereocenters. The number of hydrogen-bond donors (Lipinski definition) is 1. The van der Waals surface area contributed by atoms with Crippen LogP contribution in [0.4, 0.5) is 10.8 Å². The molecule has 3 aromatic heterocycles. The second-order valence-corrected chi connectivity index (χ2v) is 9.89. The van der Waals surface area contributed by atoms with Gasteiger partial charge in [-0.15, -0.1) is 10.2 Å². The number of hydrogen-bond acceptors (Lipinski definition) is 8. The number of halogens is 1. The van der Waals surface area contributed by atoms with Crippen molar-refractivity contribution >= 4 is 56.7 Å². The largest absolute Gasteiger partial charge is 0.332 e. The number of carbonyl (C=O) groups excluding carboxylic acids is 2. The zero-order valence-corrected chi connectivity index (χ0v) is 20.9. The lowest BCUT2D eigenvalue weighted by Gasteiger charge is -2.16. The van der Waals surface area contributed by atoms with E-state index in [1.165, 1.54) is 36.3 Å². The fourth-order valence-electron chi connectivity index (χ4n) is 4.16. The van der Waals surface area contributed by atoms with Gasteiger partial charge in [-0.05, 0) is 24.3 Å². The van der Waals surface area contributed by atoms with Crippen molar-refractivity contribution in [1.29, 1.82) is 0 Å². The fourth-order valence-corrected chi connectivity index (χ4v) is 5.14. The molecule has 36 heavy (non-hydrogen) atoms. The summed E-state index contributed by atoms with van der Waals surface area (Å²) in [5, 5.41) is 12.6. The Balaban J connectivity index is 1.23. The van der Waals surface area contributed by atoms with Gasteiger partial charge in [0, 0.05) is 56.7 Å². The van der Waals surface area contributed by atoms with Gasteiger partial charge in [0.2, 0.25) is 16.9 Å². The van der Waals surface area contributed by atoms with Gasteiger partial charge in [-0.2, -0.15) is 0 Å². The molecule has 4 aromatic rings. The van der Waals surface area contributed by atoms with Crippen molar-refractivity contribution in [3.8, 4) is 0 Å². The summed E-state index contributed by atoms with van der Waals surface area (Å²) in [7, 11) is 2.93. The minimum atomic E-state index is -0.474. The lowest BCUT2D eigenvalue weighted by atomic mass is 10.1. The van der Waals surface area contributed by atoms with E-state index in [1.54, 1.807) is 33.7 Å². The Morgan fingerprint density at radius 3 is 2.64 bits per heavy atom. The van der Waals surface area contributed by atoms with Crippen LogP contribution in [0, 0.1) is 0 Å². The zero-order chi connectivity index (χ0) is 25.6. The van der Waals surface area contributed by atoms with Crippen LogP contribution >= 0.6 is 22.9 Å². The quantitative estimate of drug-likeness (QED) is 0.400. The molecule has 2 amide bonds. The summed E-state index contributed by atoms with van der Waals surface area (Å²) in [6.45, 7) is 0.656. The Kier molecular flexibility index (Phi) is 6.18. The maximum Gasteiger partial charge on any atom is 0.332 e. The molecule has 1 saturated heterocycles. The van der Waals surface area contributed by atoms with Crippen molar-refractivity contribution in [3.05, 3.63) is 61.5 Å². The molecule has 1 unspecified atom stereocenters. The number of aryl methyl sites for hydroxylation is 2. The molecule has 5 rings (SSSR count). The lowest BCUT2D eigenvalue weighted by molar-refractivity contribution is -0.117. The van der Waals surface area contributed by atoms with Crippen molar-refractivity contribution in [2.75, 3.05) is 16.8 Å². The van der Waals surface area contributed by atoms with Gasteiger partial charge < -0.3 is 14.8 Å². The number of amides is 2. The molecule has 1 aromatic carbocycles. The van der Waals surface area contributed by atoms with Gasteiger partial charge in [0.05, 0.1) is 6.33 Å². The van der Waals surface area contributed by atoms with Crippen LogP contribution in [0.3, 0.4) is 0 Å². The first-order valence-electron chi connectivity index (χ1n) is 11.0. The van der Waals surface area contributed by atoms with Crippen LogP contribution in [-0.4, -0.2) is 47.2 Å². The minimum Gasteiger partial charge on any atom is -0.324 e. The standard InChI is InChI=1S/C22H21ClN8O4S/c1-28-18-17(20(34)29(2)22(28)35)30(11-24-18)8-7-15(32)25-21-27-26-19(36-21)12-9-16(33)31(10-12)14-5-3-13(23)4-6-14/h3-6,11-12H,7-10H2,1-2H3,(H,25,27,32). The number of nitrogens with zero attached hydrogens (tertiary/aromatic N) is 7. The number of anilines is 2. The molecule has 14 heteroatoms. The van der Waals surface area contributed by atoms with Gasteiger partial charge >= 0.3 is 5.69 Å². The summed E-state index contributed by atoms with van der Waals surface area (Å²) < 4.78 is 3.85. The highest BCUT2D eigenvalue weighted by molar-refractivity contribution is 7.15. The average molecular weight is 529 g/mol. The maximum absolute atomic E-state index is 12.5. The molecule has 0 spiro atoms. The molecule has 1 aliphatic rings. The summed E-state index contributed by atoms with van der Waals surface area (Å²) in [6, 6.07) is 7.07. The molecule has 1 N–H and O–H groups in total. The summed E-state index contributed by atoms with van der Waals surface area (Å²) in [5.74, 6) is -0.456. The van der Waals surface area contributed by atoms with Gasteiger partial charge in [0.25, 0.3) is 5.56 Å². The van der Waals surface area contributed by atoms with Crippen molar-refractivity contribution < 1.29 is 9.59 Å². The Morgan fingerprint density at radius 2 is 1.89 bits per heavy atom. The number of rotatable bonds is 6. The third-order valence-electron chi connectivity index (χ3n) is 6.10. The molecule has 12 nitrogen and oxygen atoms in total. The van der Waals surface area contributed by atoms with Crippen LogP contribution < -0.4 is 21.5 Å². The summed E-state index contributed by atoms with van der Waals surface area (Å²) in [5.41, 5.74) is 0.339. The topological polar surface area (TPSA) is 137 Å². The van der Waals surface area contributed by atoms with Gasteiger partial charge in [-0.25, -0.2) is 9.78 Å². The van der Waals surface area contributed by atoms with E-state index in [-0.39, 0.29) is 41.9 Å². The minimum absolute atomic E-state index is 0.0145. The van der Waals surface area contributed by atoms with Crippen LogP contribution in [-0.2, 0) is 30.2 Å². The van der Waals surface area contributed by atoms with Crippen LogP contribution in [0.1, 0.15) is 23.8 Å². The maximum atomic E-state index is 12.5. The van der Waals surface area contributed by atoms with Crippen molar-refractivity contribution in [2.24, 2.45) is 14.1 Å². The van der Waals surface area contributed by atoms with Gasteiger partial charge in [-0.3, -0.25) is 23.5 Å². The van der Waals surface area contributed by atoms with E-state index in [0.29, 0.717) is 28.1 Å². The molecule has 1 fully saturated rings. The van der Waals surface area contributed by atoms with Gasteiger partial charge in [0.15, 0.2) is 11.2 Å². The second-order valence-electron chi connectivity index (χ2n) is 8.44.